The lowest BCUT2D eigenvalue weighted by atomic mass is 10.2. The van der Waals surface area contributed by atoms with Crippen LogP contribution in [0.4, 0.5) is 5.82 Å². The third-order valence-corrected chi connectivity index (χ3v) is 5.28. The number of benzene rings is 1. The van der Waals surface area contributed by atoms with Crippen molar-refractivity contribution in [2.24, 2.45) is 0 Å². The van der Waals surface area contributed by atoms with Crippen molar-refractivity contribution < 1.29 is 14.3 Å². The molecule has 0 spiro atoms. The number of methoxy groups -OCH3 is 1. The van der Waals surface area contributed by atoms with E-state index in [4.69, 9.17) is 10.5 Å². The van der Waals surface area contributed by atoms with Crippen LogP contribution >= 0.6 is 23.5 Å². The van der Waals surface area contributed by atoms with Crippen molar-refractivity contribution in [2.45, 2.75) is 17.0 Å². The van der Waals surface area contributed by atoms with Gasteiger partial charge in [0.2, 0.25) is 5.91 Å². The van der Waals surface area contributed by atoms with Crippen LogP contribution < -0.4 is 16.6 Å². The van der Waals surface area contributed by atoms with Gasteiger partial charge in [-0.3, -0.25) is 9.59 Å². The molecule has 0 saturated carbocycles. The topological polar surface area (TPSA) is 127 Å². The maximum Gasteiger partial charge on any atom is 0.329 e. The summed E-state index contributed by atoms with van der Waals surface area (Å²) in [5, 5.41) is 2.89. The average Bonchev–Trinajstić information content (AvgIpc) is 2.65. The molecule has 0 bridgehead atoms. The lowest BCUT2D eigenvalue weighted by Crippen LogP contribution is -2.44. The molecule has 1 amide bonds. The van der Waals surface area contributed by atoms with Crippen LogP contribution in [-0.4, -0.2) is 46.5 Å². The second kappa shape index (κ2) is 10.6. The van der Waals surface area contributed by atoms with Crippen molar-refractivity contribution in [1.29, 1.82) is 0 Å². The van der Waals surface area contributed by atoms with Crippen LogP contribution in [0.5, 0.6) is 0 Å². The molecule has 27 heavy (non-hydrogen) atoms. The van der Waals surface area contributed by atoms with E-state index in [1.165, 1.54) is 18.9 Å². The predicted octanol–water partition coefficient (Wildman–Crippen LogP) is 1.04. The molecule has 0 radical (unpaired) electrons. The number of nitrogens with two attached hydrogens (primary N) is 1. The number of hydrogen-bond acceptors (Lipinski definition) is 8. The second-order valence-electron chi connectivity index (χ2n) is 5.41. The zero-order valence-corrected chi connectivity index (χ0v) is 16.3. The number of aromatic nitrogens is 2. The van der Waals surface area contributed by atoms with Crippen molar-refractivity contribution in [2.75, 3.05) is 24.3 Å². The Bertz CT molecular complexity index is 829. The van der Waals surface area contributed by atoms with E-state index in [0.29, 0.717) is 11.5 Å². The first-order valence-corrected chi connectivity index (χ1v) is 10.1. The standard InChI is InChI=1S/C17H20N4O4S2/c1-25-16(24)12(9-26-8-11-5-3-2-4-6-11)19-15(23)10-27-17-20-13(18)7-14(22)21-17/h2-7,12H,8-10H2,1H3,(H,19,23)(H3,18,20,21,22)/t12-/m0/s1. The first-order valence-electron chi connectivity index (χ1n) is 7.96. The smallest absolute Gasteiger partial charge is 0.329 e. The number of carbonyl (C=O) groups excluding carboxylic acids is 2. The minimum atomic E-state index is -0.760. The Kier molecular flexibility index (Phi) is 8.21. The van der Waals surface area contributed by atoms with Gasteiger partial charge >= 0.3 is 5.97 Å². The molecule has 1 heterocycles. The molecule has 0 saturated heterocycles. The number of nitrogen functional groups attached to an aromatic ring is 1. The fourth-order valence-electron chi connectivity index (χ4n) is 2.07. The van der Waals surface area contributed by atoms with Crippen molar-refractivity contribution >= 4 is 41.2 Å². The van der Waals surface area contributed by atoms with Gasteiger partial charge in [-0.1, -0.05) is 42.1 Å². The zero-order valence-electron chi connectivity index (χ0n) is 14.6. The fraction of sp³-hybridized carbons (Fsp3) is 0.294. The van der Waals surface area contributed by atoms with E-state index in [0.717, 1.165) is 23.4 Å². The number of esters is 1. The molecule has 2 aromatic rings. The number of hydrogen-bond donors (Lipinski definition) is 3. The molecule has 0 aliphatic heterocycles. The van der Waals surface area contributed by atoms with Gasteiger partial charge in [0.05, 0.1) is 12.9 Å². The lowest BCUT2D eigenvalue weighted by Gasteiger charge is -2.16. The summed E-state index contributed by atoms with van der Waals surface area (Å²) in [6, 6.07) is 10.2. The maximum absolute atomic E-state index is 12.2. The van der Waals surface area contributed by atoms with Gasteiger partial charge in [0.25, 0.3) is 5.56 Å². The van der Waals surface area contributed by atoms with E-state index >= 15 is 0 Å². The van der Waals surface area contributed by atoms with Crippen LogP contribution in [0.25, 0.3) is 0 Å². The molecule has 4 N–H and O–H groups in total. The number of nitrogens with zero attached hydrogens (tertiary/aromatic N) is 1. The van der Waals surface area contributed by atoms with E-state index in [1.54, 1.807) is 0 Å². The fourth-order valence-corrected chi connectivity index (χ4v) is 3.77. The SMILES string of the molecule is COC(=O)[C@H](CSCc1ccccc1)NC(=O)CSc1nc(N)cc(=O)[nH]1. The van der Waals surface area contributed by atoms with Crippen LogP contribution in [0, 0.1) is 0 Å². The molecule has 0 aliphatic rings. The second-order valence-corrected chi connectivity index (χ2v) is 7.40. The number of rotatable bonds is 9. The summed E-state index contributed by atoms with van der Waals surface area (Å²) in [4.78, 5) is 41.8. The van der Waals surface area contributed by atoms with Gasteiger partial charge < -0.3 is 20.8 Å². The molecule has 10 heteroatoms. The Hall–Kier alpha value is -2.46. The number of amides is 1. The van der Waals surface area contributed by atoms with E-state index in [-0.39, 0.29) is 22.6 Å². The Morgan fingerprint density at radius 3 is 2.74 bits per heavy atom. The van der Waals surface area contributed by atoms with E-state index < -0.39 is 17.6 Å². The minimum Gasteiger partial charge on any atom is -0.467 e. The summed E-state index contributed by atoms with van der Waals surface area (Å²) in [6.07, 6.45) is 0. The Morgan fingerprint density at radius 2 is 2.07 bits per heavy atom. The predicted molar refractivity (Wildman–Crippen MR) is 107 cm³/mol. The Balaban J connectivity index is 1.85. The highest BCUT2D eigenvalue weighted by Crippen LogP contribution is 2.14. The highest BCUT2D eigenvalue weighted by molar-refractivity contribution is 7.99. The number of ether oxygens (including phenoxy) is 1. The summed E-state index contributed by atoms with van der Waals surface area (Å²) in [5.41, 5.74) is 6.23. The summed E-state index contributed by atoms with van der Waals surface area (Å²) in [5.74, 6) is 0.263. The van der Waals surface area contributed by atoms with E-state index in [9.17, 15) is 14.4 Å². The molecule has 0 fully saturated rings. The highest BCUT2D eigenvalue weighted by Gasteiger charge is 2.21. The molecule has 1 aromatic carbocycles. The van der Waals surface area contributed by atoms with Crippen molar-refractivity contribution in [1.82, 2.24) is 15.3 Å². The Morgan fingerprint density at radius 1 is 1.33 bits per heavy atom. The molecule has 1 atom stereocenters. The van der Waals surface area contributed by atoms with Crippen molar-refractivity contribution in [3.8, 4) is 0 Å². The molecule has 8 nitrogen and oxygen atoms in total. The van der Waals surface area contributed by atoms with Crippen LogP contribution in [0.3, 0.4) is 0 Å². The summed E-state index contributed by atoms with van der Waals surface area (Å²) in [7, 11) is 1.28. The summed E-state index contributed by atoms with van der Waals surface area (Å²) < 4.78 is 4.76. The molecule has 2 rings (SSSR count). The minimum absolute atomic E-state index is 0.0246. The number of carbonyl (C=O) groups is 2. The number of thioether (sulfide) groups is 2. The highest BCUT2D eigenvalue weighted by atomic mass is 32.2. The number of H-pyrrole nitrogens is 1. The largest absolute Gasteiger partial charge is 0.467 e. The summed E-state index contributed by atoms with van der Waals surface area (Å²) >= 11 is 2.54. The van der Waals surface area contributed by atoms with Crippen LogP contribution in [0.2, 0.25) is 0 Å². The van der Waals surface area contributed by atoms with Gasteiger partial charge in [-0.2, -0.15) is 11.8 Å². The molecule has 0 unspecified atom stereocenters. The Labute approximate surface area is 164 Å². The van der Waals surface area contributed by atoms with Gasteiger partial charge in [0.1, 0.15) is 11.9 Å². The quantitative estimate of drug-likeness (QED) is 0.319. The number of aromatic amines is 1. The monoisotopic (exact) mass is 408 g/mol. The van der Waals surface area contributed by atoms with Gasteiger partial charge in [-0.05, 0) is 5.56 Å². The van der Waals surface area contributed by atoms with E-state index in [2.05, 4.69) is 15.3 Å². The maximum atomic E-state index is 12.2. The van der Waals surface area contributed by atoms with Crippen LogP contribution in [-0.2, 0) is 20.1 Å². The summed E-state index contributed by atoms with van der Waals surface area (Å²) in [6.45, 7) is 0. The van der Waals surface area contributed by atoms with Crippen LogP contribution in [0.15, 0.2) is 46.3 Å². The number of anilines is 1. The third kappa shape index (κ3) is 7.35. The third-order valence-electron chi connectivity index (χ3n) is 3.30. The zero-order chi connectivity index (χ0) is 19.6. The van der Waals surface area contributed by atoms with Crippen LogP contribution in [0.1, 0.15) is 5.56 Å². The van der Waals surface area contributed by atoms with Crippen molar-refractivity contribution in [3.05, 3.63) is 52.3 Å². The number of nitrogens with one attached hydrogen (secondary N) is 2. The van der Waals surface area contributed by atoms with E-state index in [1.807, 2.05) is 30.3 Å². The van der Waals surface area contributed by atoms with Gasteiger partial charge in [0.15, 0.2) is 5.16 Å². The average molecular weight is 409 g/mol. The molecular weight excluding hydrogens is 388 g/mol. The lowest BCUT2D eigenvalue weighted by molar-refractivity contribution is -0.144. The first kappa shape index (κ1) is 20.8. The molecule has 1 aromatic heterocycles. The molecule has 0 aliphatic carbocycles. The normalized spacial score (nSPS) is 11.6. The van der Waals surface area contributed by atoms with Crippen molar-refractivity contribution in [3.63, 3.8) is 0 Å². The molecule has 144 valence electrons. The van der Waals surface area contributed by atoms with Gasteiger partial charge in [-0.15, -0.1) is 0 Å². The van der Waals surface area contributed by atoms with Gasteiger partial charge in [0, 0.05) is 17.6 Å². The van der Waals surface area contributed by atoms with Gasteiger partial charge in [-0.25, -0.2) is 9.78 Å². The molecular formula is C17H20N4O4S2. The first-order chi connectivity index (χ1) is 13.0.